The second kappa shape index (κ2) is 4.29. The van der Waals surface area contributed by atoms with Crippen molar-refractivity contribution >= 4 is 0 Å². The van der Waals surface area contributed by atoms with Gasteiger partial charge in [-0.15, -0.1) is 0 Å². The molecule has 2 N–H and O–H groups in total. The van der Waals surface area contributed by atoms with Crippen molar-refractivity contribution in [2.75, 3.05) is 13.2 Å². The molecule has 0 atom stereocenters. The maximum absolute atomic E-state index is 13.4. The first-order chi connectivity index (χ1) is 7.20. The molecule has 2 rings (SSSR count). The van der Waals surface area contributed by atoms with Crippen LogP contribution < -0.4 is 5.73 Å². The summed E-state index contributed by atoms with van der Waals surface area (Å²) in [5.74, 6) is -0.159. The lowest BCUT2D eigenvalue weighted by atomic mass is 9.85. The Morgan fingerprint density at radius 1 is 1.27 bits per heavy atom. The Labute approximate surface area is 89.2 Å². The van der Waals surface area contributed by atoms with Gasteiger partial charge in [0.2, 0.25) is 0 Å². The molecule has 1 fully saturated rings. The van der Waals surface area contributed by atoms with E-state index in [1.54, 1.807) is 12.1 Å². The highest BCUT2D eigenvalue weighted by Gasteiger charge is 2.28. The Kier molecular flexibility index (Phi) is 3.03. The summed E-state index contributed by atoms with van der Waals surface area (Å²) in [6.45, 7) is 1.37. The van der Waals surface area contributed by atoms with Gasteiger partial charge in [0, 0.05) is 18.8 Å². The van der Waals surface area contributed by atoms with Gasteiger partial charge in [0.15, 0.2) is 0 Å². The predicted octanol–water partition coefficient (Wildman–Crippen LogP) is 1.88. The monoisotopic (exact) mass is 209 g/mol. The molecule has 82 valence electrons. The van der Waals surface area contributed by atoms with Crippen molar-refractivity contribution in [2.45, 2.75) is 24.8 Å². The second-order valence-electron chi connectivity index (χ2n) is 4.24. The van der Waals surface area contributed by atoms with Crippen LogP contribution in [0.4, 0.5) is 4.39 Å². The SMILES string of the molecule is NC1(Cc2ccccc2F)CCOCC1. The normalized spacial score (nSPS) is 20.1. The van der Waals surface area contributed by atoms with Crippen molar-refractivity contribution in [3.05, 3.63) is 35.6 Å². The number of halogens is 1. The fourth-order valence-electron chi connectivity index (χ4n) is 1.98. The number of rotatable bonds is 2. The molecule has 1 aliphatic rings. The first-order valence-corrected chi connectivity index (χ1v) is 5.30. The number of nitrogens with two attached hydrogens (primary N) is 1. The van der Waals surface area contributed by atoms with Crippen molar-refractivity contribution in [1.82, 2.24) is 0 Å². The van der Waals surface area contributed by atoms with Crippen LogP contribution in [0.1, 0.15) is 18.4 Å². The van der Waals surface area contributed by atoms with Crippen molar-refractivity contribution in [3.8, 4) is 0 Å². The van der Waals surface area contributed by atoms with Crippen molar-refractivity contribution < 1.29 is 9.13 Å². The van der Waals surface area contributed by atoms with E-state index < -0.39 is 0 Å². The largest absolute Gasteiger partial charge is 0.381 e. The zero-order valence-corrected chi connectivity index (χ0v) is 8.71. The van der Waals surface area contributed by atoms with Gasteiger partial charge in [0.25, 0.3) is 0 Å². The minimum atomic E-state index is -0.291. The minimum Gasteiger partial charge on any atom is -0.381 e. The number of hydrogen-bond acceptors (Lipinski definition) is 2. The summed E-state index contributed by atoms with van der Waals surface area (Å²) >= 11 is 0. The lowest BCUT2D eigenvalue weighted by Crippen LogP contribution is -2.47. The standard InChI is InChI=1S/C12H16FNO/c13-11-4-2-1-3-10(11)9-12(14)5-7-15-8-6-12/h1-4H,5-9,14H2. The number of hydrogen-bond donors (Lipinski definition) is 1. The van der Waals surface area contributed by atoms with Gasteiger partial charge in [-0.25, -0.2) is 4.39 Å². The van der Waals surface area contributed by atoms with Crippen LogP contribution in [-0.4, -0.2) is 18.8 Å². The molecule has 1 heterocycles. The molecule has 3 heteroatoms. The van der Waals surface area contributed by atoms with E-state index in [0.29, 0.717) is 25.2 Å². The van der Waals surface area contributed by atoms with Gasteiger partial charge in [-0.1, -0.05) is 18.2 Å². The second-order valence-corrected chi connectivity index (χ2v) is 4.24. The van der Waals surface area contributed by atoms with Crippen LogP contribution in [0.3, 0.4) is 0 Å². The quantitative estimate of drug-likeness (QED) is 0.807. The molecule has 1 aromatic carbocycles. The molecular formula is C12H16FNO. The Balaban J connectivity index is 2.10. The zero-order chi connectivity index (χ0) is 10.7. The van der Waals surface area contributed by atoms with Crippen molar-refractivity contribution in [3.63, 3.8) is 0 Å². The molecule has 15 heavy (non-hydrogen) atoms. The summed E-state index contributed by atoms with van der Waals surface area (Å²) in [5, 5.41) is 0. The van der Waals surface area contributed by atoms with Crippen molar-refractivity contribution in [1.29, 1.82) is 0 Å². The Morgan fingerprint density at radius 3 is 2.60 bits per heavy atom. The van der Waals surface area contributed by atoms with E-state index in [9.17, 15) is 4.39 Å². The molecule has 1 aromatic rings. The van der Waals surface area contributed by atoms with E-state index in [1.807, 2.05) is 6.07 Å². The van der Waals surface area contributed by atoms with Crippen LogP contribution >= 0.6 is 0 Å². The summed E-state index contributed by atoms with van der Waals surface area (Å²) in [7, 11) is 0. The maximum atomic E-state index is 13.4. The Morgan fingerprint density at radius 2 is 1.93 bits per heavy atom. The highest BCUT2D eigenvalue weighted by molar-refractivity contribution is 5.20. The molecule has 0 aromatic heterocycles. The Bertz CT molecular complexity index is 334. The van der Waals surface area contributed by atoms with Crippen LogP contribution in [0.2, 0.25) is 0 Å². The third-order valence-electron chi connectivity index (χ3n) is 2.99. The highest BCUT2D eigenvalue weighted by Crippen LogP contribution is 2.23. The summed E-state index contributed by atoms with van der Waals surface area (Å²) in [5.41, 5.74) is 6.63. The minimum absolute atomic E-state index is 0.159. The van der Waals surface area contributed by atoms with Crippen LogP contribution in [0.25, 0.3) is 0 Å². The molecule has 2 nitrogen and oxygen atoms in total. The van der Waals surface area contributed by atoms with Crippen molar-refractivity contribution in [2.24, 2.45) is 5.73 Å². The first kappa shape index (κ1) is 10.6. The fourth-order valence-corrected chi connectivity index (χ4v) is 1.98. The van der Waals surface area contributed by atoms with Gasteiger partial charge in [0.1, 0.15) is 5.82 Å². The lowest BCUT2D eigenvalue weighted by Gasteiger charge is -2.33. The maximum Gasteiger partial charge on any atom is 0.126 e. The summed E-state index contributed by atoms with van der Waals surface area (Å²) in [4.78, 5) is 0. The summed E-state index contributed by atoms with van der Waals surface area (Å²) in [6.07, 6.45) is 2.21. The molecule has 1 saturated heterocycles. The van der Waals surface area contributed by atoms with Crippen LogP contribution in [0, 0.1) is 5.82 Å². The van der Waals surface area contributed by atoms with Gasteiger partial charge in [-0.2, -0.15) is 0 Å². The van der Waals surface area contributed by atoms with Gasteiger partial charge < -0.3 is 10.5 Å². The molecule has 0 saturated carbocycles. The first-order valence-electron chi connectivity index (χ1n) is 5.30. The molecule has 0 unspecified atom stereocenters. The average molecular weight is 209 g/mol. The van der Waals surface area contributed by atoms with Gasteiger partial charge in [-0.3, -0.25) is 0 Å². The van der Waals surface area contributed by atoms with E-state index in [1.165, 1.54) is 6.07 Å². The lowest BCUT2D eigenvalue weighted by molar-refractivity contribution is 0.0531. The zero-order valence-electron chi connectivity index (χ0n) is 8.71. The third kappa shape index (κ3) is 2.55. The van der Waals surface area contributed by atoms with E-state index in [0.717, 1.165) is 12.8 Å². The molecule has 0 spiro atoms. The summed E-state index contributed by atoms with van der Waals surface area (Å²) < 4.78 is 18.7. The van der Waals surface area contributed by atoms with E-state index >= 15 is 0 Å². The summed E-state index contributed by atoms with van der Waals surface area (Å²) in [6, 6.07) is 6.84. The third-order valence-corrected chi connectivity index (χ3v) is 2.99. The van der Waals surface area contributed by atoms with Gasteiger partial charge in [0.05, 0.1) is 0 Å². The number of benzene rings is 1. The smallest absolute Gasteiger partial charge is 0.126 e. The van der Waals surface area contributed by atoms with E-state index in [4.69, 9.17) is 10.5 Å². The number of ether oxygens (including phenoxy) is 1. The molecule has 0 aliphatic carbocycles. The fraction of sp³-hybridized carbons (Fsp3) is 0.500. The molecule has 1 aliphatic heterocycles. The molecule has 0 radical (unpaired) electrons. The van der Waals surface area contributed by atoms with Crippen LogP contribution in [-0.2, 0) is 11.2 Å². The van der Waals surface area contributed by atoms with Crippen LogP contribution in [0.5, 0.6) is 0 Å². The molecule has 0 bridgehead atoms. The average Bonchev–Trinajstić information content (AvgIpc) is 2.22. The topological polar surface area (TPSA) is 35.2 Å². The van der Waals surface area contributed by atoms with E-state index in [2.05, 4.69) is 0 Å². The highest BCUT2D eigenvalue weighted by atomic mass is 19.1. The molecular weight excluding hydrogens is 193 g/mol. The van der Waals surface area contributed by atoms with Crippen LogP contribution in [0.15, 0.2) is 24.3 Å². The van der Waals surface area contributed by atoms with Gasteiger partial charge in [-0.05, 0) is 30.9 Å². The van der Waals surface area contributed by atoms with E-state index in [-0.39, 0.29) is 11.4 Å². The Hall–Kier alpha value is -0.930. The predicted molar refractivity (Wildman–Crippen MR) is 57.1 cm³/mol. The van der Waals surface area contributed by atoms with Gasteiger partial charge >= 0.3 is 0 Å². The molecule has 0 amide bonds.